The quantitative estimate of drug-likeness (QED) is 0.786. The molecule has 1 atom stereocenters. The van der Waals surface area contributed by atoms with E-state index in [4.69, 9.17) is 0 Å². The first-order valence-electron chi connectivity index (χ1n) is 5.74. The molecule has 18 heavy (non-hydrogen) atoms. The average molecular weight is 269 g/mol. The van der Waals surface area contributed by atoms with E-state index in [2.05, 4.69) is 20.8 Å². The number of hydrogen-bond acceptors (Lipinski definition) is 6. The van der Waals surface area contributed by atoms with Crippen LogP contribution >= 0.6 is 11.3 Å². The van der Waals surface area contributed by atoms with Gasteiger partial charge in [-0.25, -0.2) is 0 Å². The zero-order valence-electron chi connectivity index (χ0n) is 10.0. The maximum Gasteiger partial charge on any atom is 0.240 e. The summed E-state index contributed by atoms with van der Waals surface area (Å²) in [5, 5.41) is 13.3. The maximum absolute atomic E-state index is 11.8. The normalized spacial score (nSPS) is 21.2. The number of carbonyl (C=O) groups is 2. The standard InChI is InChI=1S/C10H15N5O2S/c1-7-9(17)11-3-2-4-15(7)5-8(16)13-10-14-12-6-18-10/h6-7H,2-5H2,1H3,(H,11,17)(H,13,14,16)/t7-/m0/s1. The smallest absolute Gasteiger partial charge is 0.240 e. The van der Waals surface area contributed by atoms with Crippen molar-refractivity contribution in [3.8, 4) is 0 Å². The second kappa shape index (κ2) is 5.87. The van der Waals surface area contributed by atoms with Gasteiger partial charge >= 0.3 is 0 Å². The molecule has 7 nitrogen and oxygen atoms in total. The Morgan fingerprint density at radius 1 is 1.72 bits per heavy atom. The first-order chi connectivity index (χ1) is 8.66. The molecule has 2 heterocycles. The maximum atomic E-state index is 11.8. The Labute approximate surface area is 109 Å². The fourth-order valence-electron chi connectivity index (χ4n) is 1.79. The largest absolute Gasteiger partial charge is 0.355 e. The Bertz CT molecular complexity index is 422. The van der Waals surface area contributed by atoms with Crippen LogP contribution in [0.1, 0.15) is 13.3 Å². The first kappa shape index (κ1) is 12.9. The van der Waals surface area contributed by atoms with Crippen LogP contribution in [0.2, 0.25) is 0 Å². The lowest BCUT2D eigenvalue weighted by molar-refractivity contribution is -0.126. The van der Waals surface area contributed by atoms with Gasteiger partial charge in [0, 0.05) is 13.1 Å². The zero-order valence-corrected chi connectivity index (χ0v) is 10.9. The lowest BCUT2D eigenvalue weighted by Crippen LogP contribution is -2.45. The third-order valence-corrected chi connectivity index (χ3v) is 3.41. The third kappa shape index (κ3) is 3.23. The summed E-state index contributed by atoms with van der Waals surface area (Å²) in [5.41, 5.74) is 1.55. The molecular formula is C10H15N5O2S. The molecule has 0 aliphatic carbocycles. The fraction of sp³-hybridized carbons (Fsp3) is 0.600. The van der Waals surface area contributed by atoms with Crippen molar-refractivity contribution >= 4 is 28.3 Å². The van der Waals surface area contributed by atoms with E-state index < -0.39 is 0 Å². The average Bonchev–Trinajstić information content (AvgIpc) is 2.79. The molecule has 98 valence electrons. The van der Waals surface area contributed by atoms with Gasteiger partial charge in [-0.05, 0) is 13.3 Å². The molecule has 1 fully saturated rings. The SMILES string of the molecule is C[C@H]1C(=O)NCCCN1CC(=O)Nc1nncs1. The van der Waals surface area contributed by atoms with E-state index in [1.807, 2.05) is 4.90 Å². The summed E-state index contributed by atoms with van der Waals surface area (Å²) in [5.74, 6) is -0.204. The van der Waals surface area contributed by atoms with Crippen molar-refractivity contribution < 1.29 is 9.59 Å². The second-order valence-corrected chi connectivity index (χ2v) is 4.92. The molecule has 2 amide bonds. The van der Waals surface area contributed by atoms with Crippen LogP contribution in [-0.2, 0) is 9.59 Å². The molecule has 1 aromatic rings. The van der Waals surface area contributed by atoms with E-state index in [0.717, 1.165) is 13.0 Å². The minimum absolute atomic E-state index is 0.0313. The van der Waals surface area contributed by atoms with Gasteiger partial charge in [-0.3, -0.25) is 19.8 Å². The summed E-state index contributed by atoms with van der Waals surface area (Å²) in [6, 6.07) is -0.285. The van der Waals surface area contributed by atoms with Gasteiger partial charge in [-0.15, -0.1) is 10.2 Å². The van der Waals surface area contributed by atoms with Crippen LogP contribution in [0.3, 0.4) is 0 Å². The first-order valence-corrected chi connectivity index (χ1v) is 6.62. The Morgan fingerprint density at radius 3 is 3.28 bits per heavy atom. The Kier molecular flexibility index (Phi) is 4.21. The number of rotatable bonds is 3. The molecule has 2 N–H and O–H groups in total. The second-order valence-electron chi connectivity index (χ2n) is 4.08. The number of nitrogens with zero attached hydrogens (tertiary/aromatic N) is 3. The molecule has 1 aliphatic rings. The number of aromatic nitrogens is 2. The monoisotopic (exact) mass is 269 g/mol. The van der Waals surface area contributed by atoms with E-state index in [1.54, 1.807) is 12.4 Å². The van der Waals surface area contributed by atoms with E-state index in [-0.39, 0.29) is 24.4 Å². The van der Waals surface area contributed by atoms with Crippen LogP contribution in [0.5, 0.6) is 0 Å². The Morgan fingerprint density at radius 2 is 2.56 bits per heavy atom. The van der Waals surface area contributed by atoms with Crippen molar-refractivity contribution in [1.82, 2.24) is 20.4 Å². The van der Waals surface area contributed by atoms with Crippen LogP contribution in [0.25, 0.3) is 0 Å². The number of nitrogens with one attached hydrogen (secondary N) is 2. The van der Waals surface area contributed by atoms with Crippen molar-refractivity contribution in [3.63, 3.8) is 0 Å². The van der Waals surface area contributed by atoms with Crippen LogP contribution in [-0.4, -0.2) is 52.6 Å². The van der Waals surface area contributed by atoms with Gasteiger partial charge in [0.1, 0.15) is 5.51 Å². The molecule has 0 radical (unpaired) electrons. The van der Waals surface area contributed by atoms with Gasteiger partial charge in [-0.1, -0.05) is 11.3 Å². The number of anilines is 1. The topological polar surface area (TPSA) is 87.2 Å². The molecule has 1 aliphatic heterocycles. The minimum atomic E-state index is -0.285. The summed E-state index contributed by atoms with van der Waals surface area (Å²) in [4.78, 5) is 25.3. The lowest BCUT2D eigenvalue weighted by atomic mass is 10.2. The van der Waals surface area contributed by atoms with Crippen molar-refractivity contribution in [3.05, 3.63) is 5.51 Å². The molecule has 0 spiro atoms. The molecule has 1 aromatic heterocycles. The van der Waals surface area contributed by atoms with Crippen LogP contribution in [0.15, 0.2) is 5.51 Å². The predicted molar refractivity (Wildman–Crippen MR) is 67.2 cm³/mol. The lowest BCUT2D eigenvalue weighted by Gasteiger charge is -2.23. The molecule has 0 saturated carbocycles. The highest BCUT2D eigenvalue weighted by atomic mass is 32.1. The van der Waals surface area contributed by atoms with Crippen molar-refractivity contribution in [1.29, 1.82) is 0 Å². The molecule has 2 rings (SSSR count). The summed E-state index contributed by atoms with van der Waals surface area (Å²) >= 11 is 1.27. The summed E-state index contributed by atoms with van der Waals surface area (Å²) in [7, 11) is 0. The highest BCUT2D eigenvalue weighted by Gasteiger charge is 2.25. The number of hydrogen-bond donors (Lipinski definition) is 2. The van der Waals surface area contributed by atoms with Crippen LogP contribution in [0.4, 0.5) is 5.13 Å². The van der Waals surface area contributed by atoms with Gasteiger partial charge < -0.3 is 5.32 Å². The Balaban J connectivity index is 1.91. The van der Waals surface area contributed by atoms with Gasteiger partial charge in [0.2, 0.25) is 16.9 Å². The fourth-order valence-corrected chi connectivity index (χ4v) is 2.25. The molecule has 0 bridgehead atoms. The van der Waals surface area contributed by atoms with Crippen molar-refractivity contribution in [2.24, 2.45) is 0 Å². The molecular weight excluding hydrogens is 254 g/mol. The van der Waals surface area contributed by atoms with Gasteiger partial charge in [0.05, 0.1) is 12.6 Å². The van der Waals surface area contributed by atoms with Crippen LogP contribution in [0, 0.1) is 0 Å². The summed E-state index contributed by atoms with van der Waals surface area (Å²) < 4.78 is 0. The highest BCUT2D eigenvalue weighted by molar-refractivity contribution is 7.13. The Hall–Kier alpha value is -1.54. The van der Waals surface area contributed by atoms with Crippen LogP contribution < -0.4 is 10.6 Å². The van der Waals surface area contributed by atoms with E-state index in [0.29, 0.717) is 11.7 Å². The molecule has 1 saturated heterocycles. The van der Waals surface area contributed by atoms with Crippen molar-refractivity contribution in [2.45, 2.75) is 19.4 Å². The highest BCUT2D eigenvalue weighted by Crippen LogP contribution is 2.09. The summed E-state index contributed by atoms with van der Waals surface area (Å²) in [6.07, 6.45) is 0.849. The molecule has 0 aromatic carbocycles. The molecule has 8 heteroatoms. The number of carbonyl (C=O) groups excluding carboxylic acids is 2. The van der Waals surface area contributed by atoms with Gasteiger partial charge in [0.15, 0.2) is 0 Å². The van der Waals surface area contributed by atoms with Gasteiger partial charge in [0.25, 0.3) is 0 Å². The summed E-state index contributed by atoms with van der Waals surface area (Å²) in [6.45, 7) is 3.38. The van der Waals surface area contributed by atoms with E-state index in [1.165, 1.54) is 11.3 Å². The third-order valence-electron chi connectivity index (χ3n) is 2.80. The number of amides is 2. The zero-order chi connectivity index (χ0) is 13.0. The van der Waals surface area contributed by atoms with E-state index >= 15 is 0 Å². The van der Waals surface area contributed by atoms with Crippen molar-refractivity contribution in [2.75, 3.05) is 25.0 Å². The molecule has 0 unspecified atom stereocenters. The van der Waals surface area contributed by atoms with Gasteiger partial charge in [-0.2, -0.15) is 0 Å². The minimum Gasteiger partial charge on any atom is -0.355 e. The van der Waals surface area contributed by atoms with E-state index in [9.17, 15) is 9.59 Å². The predicted octanol–water partition coefficient (Wildman–Crippen LogP) is -0.313.